The van der Waals surface area contributed by atoms with Gasteiger partial charge in [-0.25, -0.2) is 0 Å². The molecule has 2 unspecified atom stereocenters. The highest BCUT2D eigenvalue weighted by Crippen LogP contribution is 2.10. The highest BCUT2D eigenvalue weighted by Gasteiger charge is 2.24. The third kappa shape index (κ3) is 26.2. The fourth-order valence-corrected chi connectivity index (χ4v) is 4.94. The molecule has 0 aromatic heterocycles. The molecule has 0 aliphatic rings. The van der Waals surface area contributed by atoms with Crippen LogP contribution >= 0.6 is 0 Å². The molecule has 0 aliphatic heterocycles. The van der Waals surface area contributed by atoms with Crippen LogP contribution in [0.25, 0.3) is 0 Å². The first-order valence-electron chi connectivity index (χ1n) is 15.2. The standard InChI is InChI=1S/C31H57NO5S/c1-3-5-7-9-11-13-15-17-18-20-22-24-26-30(33)29(28-38(35,36)37)32-31(34)27-25-23-21-19-16-14-12-10-8-6-4-2/h10,12,17-18,24,26,29-30,33H,3-9,11,13-16,19-23,25,27-28H2,1-2H3,(H,32,34)(H,35,36,37)/b12-10-,18-17+,26-24+. The third-order valence-corrected chi connectivity index (χ3v) is 7.32. The molecule has 0 heterocycles. The lowest BCUT2D eigenvalue weighted by Crippen LogP contribution is -2.46. The van der Waals surface area contributed by atoms with E-state index in [1.165, 1.54) is 57.4 Å². The normalized spacial score (nSPS) is 14.1. The van der Waals surface area contributed by atoms with Gasteiger partial charge in [-0.15, -0.1) is 0 Å². The molecule has 6 nitrogen and oxygen atoms in total. The zero-order valence-corrected chi connectivity index (χ0v) is 25.1. The Morgan fingerprint density at radius 2 is 1.16 bits per heavy atom. The average Bonchev–Trinajstić information content (AvgIpc) is 2.86. The summed E-state index contributed by atoms with van der Waals surface area (Å²) < 4.78 is 32.1. The number of carbonyl (C=O) groups excluding carboxylic acids is 1. The lowest BCUT2D eigenvalue weighted by Gasteiger charge is -2.21. The first-order valence-corrected chi connectivity index (χ1v) is 16.8. The minimum atomic E-state index is -4.34. The molecule has 0 aliphatic carbocycles. The van der Waals surface area contributed by atoms with E-state index < -0.39 is 28.0 Å². The Balaban J connectivity index is 4.20. The van der Waals surface area contributed by atoms with Crippen molar-refractivity contribution in [2.45, 2.75) is 148 Å². The number of rotatable bonds is 26. The molecule has 0 rings (SSSR count). The SMILES string of the molecule is CCCC/C=C\CCCCCCCC(=O)NC(CS(=O)(=O)O)C(O)/C=C/CC/C=C/CCCCCCCC. The summed E-state index contributed by atoms with van der Waals surface area (Å²) in [5.74, 6) is -1.02. The van der Waals surface area contributed by atoms with Crippen molar-refractivity contribution in [2.24, 2.45) is 0 Å². The van der Waals surface area contributed by atoms with Gasteiger partial charge in [0.15, 0.2) is 0 Å². The van der Waals surface area contributed by atoms with Crippen LogP contribution < -0.4 is 5.32 Å². The lowest BCUT2D eigenvalue weighted by atomic mass is 10.1. The van der Waals surface area contributed by atoms with E-state index in [1.807, 2.05) is 0 Å². The number of aliphatic hydroxyl groups is 1. The van der Waals surface area contributed by atoms with Crippen molar-refractivity contribution in [3.63, 3.8) is 0 Å². The summed E-state index contributed by atoms with van der Waals surface area (Å²) in [6.07, 6.45) is 31.3. The van der Waals surface area contributed by atoms with Gasteiger partial charge < -0.3 is 10.4 Å². The van der Waals surface area contributed by atoms with Crippen LogP contribution in [-0.2, 0) is 14.9 Å². The van der Waals surface area contributed by atoms with Gasteiger partial charge in [0, 0.05) is 6.42 Å². The Hall–Kier alpha value is -1.44. The molecule has 38 heavy (non-hydrogen) atoms. The van der Waals surface area contributed by atoms with Gasteiger partial charge in [-0.3, -0.25) is 9.35 Å². The highest BCUT2D eigenvalue weighted by atomic mass is 32.2. The zero-order chi connectivity index (χ0) is 28.3. The Kier molecular flexibility index (Phi) is 24.8. The summed E-state index contributed by atoms with van der Waals surface area (Å²) in [5, 5.41) is 13.0. The molecule has 0 aromatic rings. The monoisotopic (exact) mass is 555 g/mol. The van der Waals surface area contributed by atoms with E-state index in [9.17, 15) is 22.9 Å². The second-order valence-corrected chi connectivity index (χ2v) is 11.9. The number of amides is 1. The van der Waals surface area contributed by atoms with Gasteiger partial charge in [-0.05, 0) is 51.4 Å². The van der Waals surface area contributed by atoms with Crippen molar-refractivity contribution in [2.75, 3.05) is 5.75 Å². The molecule has 222 valence electrons. The van der Waals surface area contributed by atoms with Crippen LogP contribution in [0.3, 0.4) is 0 Å². The first kappa shape index (κ1) is 36.6. The number of allylic oxidation sites excluding steroid dienone is 5. The Morgan fingerprint density at radius 3 is 1.74 bits per heavy atom. The Morgan fingerprint density at radius 1 is 0.684 bits per heavy atom. The second kappa shape index (κ2) is 25.8. The van der Waals surface area contributed by atoms with Crippen molar-refractivity contribution >= 4 is 16.0 Å². The minimum Gasteiger partial charge on any atom is -0.387 e. The van der Waals surface area contributed by atoms with E-state index in [0.29, 0.717) is 12.8 Å². The largest absolute Gasteiger partial charge is 0.387 e. The second-order valence-electron chi connectivity index (χ2n) is 10.4. The fourth-order valence-electron chi connectivity index (χ4n) is 4.21. The minimum absolute atomic E-state index is 0.277. The van der Waals surface area contributed by atoms with E-state index in [0.717, 1.165) is 51.4 Å². The van der Waals surface area contributed by atoms with Gasteiger partial charge >= 0.3 is 0 Å². The molecule has 0 spiro atoms. The molecular weight excluding hydrogens is 498 g/mol. The number of carbonyl (C=O) groups is 1. The van der Waals surface area contributed by atoms with Gasteiger partial charge in [0.25, 0.3) is 10.1 Å². The van der Waals surface area contributed by atoms with Crippen LogP contribution in [-0.4, -0.2) is 41.9 Å². The molecule has 0 saturated heterocycles. The van der Waals surface area contributed by atoms with Crippen molar-refractivity contribution < 1.29 is 22.9 Å². The summed E-state index contributed by atoms with van der Waals surface area (Å²) in [6.45, 7) is 4.42. The predicted octanol–water partition coefficient (Wildman–Crippen LogP) is 7.84. The smallest absolute Gasteiger partial charge is 0.267 e. The maximum absolute atomic E-state index is 12.3. The molecule has 3 N–H and O–H groups in total. The van der Waals surface area contributed by atoms with Crippen LogP contribution in [0.2, 0.25) is 0 Å². The number of unbranched alkanes of at least 4 members (excludes halogenated alkanes) is 14. The summed E-state index contributed by atoms with van der Waals surface area (Å²) in [7, 11) is -4.34. The molecule has 2 atom stereocenters. The van der Waals surface area contributed by atoms with Crippen LogP contribution in [0.4, 0.5) is 0 Å². The Bertz CT molecular complexity index is 745. The third-order valence-electron chi connectivity index (χ3n) is 6.54. The molecule has 0 radical (unpaired) electrons. The van der Waals surface area contributed by atoms with E-state index >= 15 is 0 Å². The maximum atomic E-state index is 12.3. The molecule has 7 heteroatoms. The van der Waals surface area contributed by atoms with E-state index in [4.69, 9.17) is 0 Å². The molecular formula is C31H57NO5S. The van der Waals surface area contributed by atoms with Gasteiger partial charge in [-0.2, -0.15) is 8.42 Å². The molecule has 0 fully saturated rings. The Labute approximate surface area is 234 Å². The van der Waals surface area contributed by atoms with Crippen LogP contribution in [0.15, 0.2) is 36.5 Å². The highest BCUT2D eigenvalue weighted by molar-refractivity contribution is 7.85. The van der Waals surface area contributed by atoms with Gasteiger partial charge in [0.05, 0.1) is 17.9 Å². The van der Waals surface area contributed by atoms with Crippen molar-refractivity contribution in [3.05, 3.63) is 36.5 Å². The van der Waals surface area contributed by atoms with Crippen molar-refractivity contribution in [1.29, 1.82) is 0 Å². The predicted molar refractivity (Wildman–Crippen MR) is 161 cm³/mol. The summed E-state index contributed by atoms with van der Waals surface area (Å²) in [4.78, 5) is 12.3. The summed E-state index contributed by atoms with van der Waals surface area (Å²) in [6, 6.07) is -1.07. The van der Waals surface area contributed by atoms with Crippen molar-refractivity contribution in [1.82, 2.24) is 5.32 Å². The summed E-state index contributed by atoms with van der Waals surface area (Å²) >= 11 is 0. The summed E-state index contributed by atoms with van der Waals surface area (Å²) in [5.41, 5.74) is 0. The van der Waals surface area contributed by atoms with Crippen LogP contribution in [0, 0.1) is 0 Å². The van der Waals surface area contributed by atoms with Gasteiger partial charge in [0.1, 0.15) is 0 Å². The molecule has 0 aromatic carbocycles. The molecule has 1 amide bonds. The van der Waals surface area contributed by atoms with E-state index in [2.05, 4.69) is 43.5 Å². The lowest BCUT2D eigenvalue weighted by molar-refractivity contribution is -0.122. The molecule has 0 bridgehead atoms. The zero-order valence-electron chi connectivity index (χ0n) is 24.3. The number of hydrogen-bond donors (Lipinski definition) is 3. The van der Waals surface area contributed by atoms with Gasteiger partial charge in [0.2, 0.25) is 5.91 Å². The number of hydrogen-bond acceptors (Lipinski definition) is 4. The van der Waals surface area contributed by atoms with E-state index in [-0.39, 0.29) is 12.3 Å². The topological polar surface area (TPSA) is 104 Å². The average molecular weight is 556 g/mol. The van der Waals surface area contributed by atoms with Crippen LogP contribution in [0.5, 0.6) is 0 Å². The van der Waals surface area contributed by atoms with E-state index in [1.54, 1.807) is 6.08 Å². The first-order chi connectivity index (χ1) is 18.3. The number of aliphatic hydroxyl groups excluding tert-OH is 1. The maximum Gasteiger partial charge on any atom is 0.267 e. The number of nitrogens with one attached hydrogen (secondary N) is 1. The van der Waals surface area contributed by atoms with Crippen molar-refractivity contribution in [3.8, 4) is 0 Å². The van der Waals surface area contributed by atoms with Gasteiger partial charge in [-0.1, -0.05) is 115 Å². The molecule has 0 saturated carbocycles. The quantitative estimate of drug-likeness (QED) is 0.0573. The van der Waals surface area contributed by atoms with Crippen LogP contribution in [0.1, 0.15) is 136 Å². The fraction of sp³-hybridized carbons (Fsp3) is 0.774.